The van der Waals surface area contributed by atoms with Crippen LogP contribution in [0.4, 0.5) is 0 Å². The Morgan fingerprint density at radius 2 is 2.17 bits per heavy atom. The van der Waals surface area contributed by atoms with Gasteiger partial charge in [0.15, 0.2) is 6.61 Å². The SMILES string of the molecule is C=C(C)CN(CC)C(=O)COC(=O)c1sc(-c2ccsc2)nc1C. The molecule has 5 nitrogen and oxygen atoms in total. The van der Waals surface area contributed by atoms with E-state index in [0.717, 1.165) is 16.1 Å². The molecule has 0 atom stereocenters. The van der Waals surface area contributed by atoms with Crippen molar-refractivity contribution in [2.24, 2.45) is 0 Å². The average molecular weight is 364 g/mol. The molecule has 1 amide bonds. The molecule has 0 aliphatic carbocycles. The van der Waals surface area contributed by atoms with Gasteiger partial charge in [-0.25, -0.2) is 9.78 Å². The summed E-state index contributed by atoms with van der Waals surface area (Å²) in [7, 11) is 0. The number of likely N-dealkylation sites (N-methyl/N-ethyl adjacent to an activating group) is 1. The smallest absolute Gasteiger partial charge is 0.350 e. The van der Waals surface area contributed by atoms with Gasteiger partial charge in [0.2, 0.25) is 0 Å². The molecule has 2 rings (SSSR count). The van der Waals surface area contributed by atoms with Crippen molar-refractivity contribution in [3.8, 4) is 10.6 Å². The fourth-order valence-corrected chi connectivity index (χ4v) is 3.75. The fourth-order valence-electron chi connectivity index (χ4n) is 2.08. The van der Waals surface area contributed by atoms with Gasteiger partial charge in [0.25, 0.3) is 5.91 Å². The van der Waals surface area contributed by atoms with Crippen molar-refractivity contribution in [2.75, 3.05) is 19.7 Å². The normalized spacial score (nSPS) is 10.5. The maximum absolute atomic E-state index is 12.2. The molecule has 0 saturated carbocycles. The Hall–Kier alpha value is -1.99. The first kappa shape index (κ1) is 18.4. The lowest BCUT2D eigenvalue weighted by Crippen LogP contribution is -2.35. The van der Waals surface area contributed by atoms with E-state index in [-0.39, 0.29) is 12.5 Å². The second kappa shape index (κ2) is 8.21. The van der Waals surface area contributed by atoms with E-state index in [0.29, 0.717) is 23.7 Å². The van der Waals surface area contributed by atoms with Crippen LogP contribution in [-0.2, 0) is 9.53 Å². The van der Waals surface area contributed by atoms with Gasteiger partial charge >= 0.3 is 5.97 Å². The van der Waals surface area contributed by atoms with Gasteiger partial charge in [-0.3, -0.25) is 4.79 Å². The highest BCUT2D eigenvalue weighted by molar-refractivity contribution is 7.17. The number of amides is 1. The number of hydrogen-bond donors (Lipinski definition) is 0. The summed E-state index contributed by atoms with van der Waals surface area (Å²) >= 11 is 2.86. The van der Waals surface area contributed by atoms with E-state index >= 15 is 0 Å². The molecule has 0 aliphatic heterocycles. The van der Waals surface area contributed by atoms with Gasteiger partial charge in [-0.1, -0.05) is 12.2 Å². The van der Waals surface area contributed by atoms with Crippen LogP contribution >= 0.6 is 22.7 Å². The summed E-state index contributed by atoms with van der Waals surface area (Å²) in [6, 6.07) is 1.96. The minimum atomic E-state index is -0.508. The summed E-state index contributed by atoms with van der Waals surface area (Å²) in [6.07, 6.45) is 0. The second-order valence-corrected chi connectivity index (χ2v) is 7.17. The number of carbonyl (C=O) groups excluding carboxylic acids is 2. The van der Waals surface area contributed by atoms with E-state index in [1.807, 2.05) is 30.7 Å². The van der Waals surface area contributed by atoms with Gasteiger partial charge in [-0.15, -0.1) is 11.3 Å². The van der Waals surface area contributed by atoms with Crippen molar-refractivity contribution in [3.05, 3.63) is 39.5 Å². The van der Waals surface area contributed by atoms with E-state index in [2.05, 4.69) is 11.6 Å². The maximum Gasteiger partial charge on any atom is 0.350 e. The Bertz CT molecular complexity index is 735. The molecule has 7 heteroatoms. The highest BCUT2D eigenvalue weighted by Gasteiger charge is 2.20. The molecule has 0 spiro atoms. The van der Waals surface area contributed by atoms with Crippen LogP contribution in [0.15, 0.2) is 29.0 Å². The van der Waals surface area contributed by atoms with Gasteiger partial charge in [0, 0.05) is 24.0 Å². The molecule has 0 aliphatic rings. The zero-order chi connectivity index (χ0) is 17.7. The number of aryl methyl sites for hydroxylation is 1. The van der Waals surface area contributed by atoms with Crippen molar-refractivity contribution in [2.45, 2.75) is 20.8 Å². The van der Waals surface area contributed by atoms with Crippen molar-refractivity contribution in [1.82, 2.24) is 9.88 Å². The minimum Gasteiger partial charge on any atom is -0.451 e. The number of nitrogens with zero attached hydrogens (tertiary/aromatic N) is 2. The van der Waals surface area contributed by atoms with E-state index in [9.17, 15) is 9.59 Å². The lowest BCUT2D eigenvalue weighted by molar-refractivity contribution is -0.133. The summed E-state index contributed by atoms with van der Waals surface area (Å²) in [5.41, 5.74) is 2.49. The highest BCUT2D eigenvalue weighted by atomic mass is 32.1. The third-order valence-corrected chi connectivity index (χ3v) is 5.14. The second-order valence-electron chi connectivity index (χ2n) is 5.39. The number of esters is 1. The Kier molecular flexibility index (Phi) is 6.28. The van der Waals surface area contributed by atoms with E-state index < -0.39 is 5.97 Å². The van der Waals surface area contributed by atoms with Crippen molar-refractivity contribution < 1.29 is 14.3 Å². The molecule has 0 radical (unpaired) electrons. The van der Waals surface area contributed by atoms with E-state index in [1.54, 1.807) is 23.2 Å². The van der Waals surface area contributed by atoms with E-state index in [1.165, 1.54) is 11.3 Å². The summed E-state index contributed by atoms with van der Waals surface area (Å²) in [5.74, 6) is -0.736. The third kappa shape index (κ3) is 4.52. The quantitative estimate of drug-likeness (QED) is 0.554. The number of thiazole rings is 1. The van der Waals surface area contributed by atoms with Crippen LogP contribution in [0.3, 0.4) is 0 Å². The molecule has 2 aromatic rings. The molecule has 2 heterocycles. The van der Waals surface area contributed by atoms with Crippen molar-refractivity contribution in [1.29, 1.82) is 0 Å². The van der Waals surface area contributed by atoms with Crippen molar-refractivity contribution >= 4 is 34.6 Å². The maximum atomic E-state index is 12.2. The standard InChI is InChI=1S/C17H20N2O3S2/c1-5-19(8-11(2)3)14(20)9-22-17(21)15-12(4)18-16(24-15)13-6-7-23-10-13/h6-7,10H,2,5,8-9H2,1,3-4H3. The zero-order valence-electron chi connectivity index (χ0n) is 14.0. The predicted octanol–water partition coefficient (Wildman–Crippen LogP) is 3.76. The van der Waals surface area contributed by atoms with Crippen LogP contribution in [0.5, 0.6) is 0 Å². The Balaban J connectivity index is 2.00. The molecular weight excluding hydrogens is 344 g/mol. The van der Waals surface area contributed by atoms with Gasteiger partial charge in [0.05, 0.1) is 5.69 Å². The molecule has 0 N–H and O–H groups in total. The van der Waals surface area contributed by atoms with Gasteiger partial charge in [0.1, 0.15) is 9.88 Å². The average Bonchev–Trinajstić information content (AvgIpc) is 3.18. The van der Waals surface area contributed by atoms with Crippen LogP contribution < -0.4 is 0 Å². The molecule has 0 bridgehead atoms. The molecule has 0 fully saturated rings. The number of thiophene rings is 1. The van der Waals surface area contributed by atoms with Crippen LogP contribution in [0.2, 0.25) is 0 Å². The number of rotatable bonds is 7. The van der Waals surface area contributed by atoms with Crippen molar-refractivity contribution in [3.63, 3.8) is 0 Å². The summed E-state index contributed by atoms with van der Waals surface area (Å²) < 4.78 is 5.18. The largest absolute Gasteiger partial charge is 0.451 e. The summed E-state index contributed by atoms with van der Waals surface area (Å²) in [6.45, 7) is 10.0. The molecule has 0 aromatic carbocycles. The third-order valence-electron chi connectivity index (χ3n) is 3.27. The van der Waals surface area contributed by atoms with Crippen LogP contribution in [0, 0.1) is 6.92 Å². The zero-order valence-corrected chi connectivity index (χ0v) is 15.6. The first-order valence-electron chi connectivity index (χ1n) is 7.51. The van der Waals surface area contributed by atoms with Gasteiger partial charge in [-0.05, 0) is 32.2 Å². The summed E-state index contributed by atoms with van der Waals surface area (Å²) in [4.78, 5) is 30.8. The Morgan fingerprint density at radius 3 is 2.75 bits per heavy atom. The van der Waals surface area contributed by atoms with Crippen LogP contribution in [0.25, 0.3) is 10.6 Å². The van der Waals surface area contributed by atoms with Crippen LogP contribution in [0.1, 0.15) is 29.2 Å². The lowest BCUT2D eigenvalue weighted by atomic mass is 10.3. The van der Waals surface area contributed by atoms with E-state index in [4.69, 9.17) is 4.74 Å². The lowest BCUT2D eigenvalue weighted by Gasteiger charge is -2.20. The Labute approximate surface area is 149 Å². The molecule has 2 aromatic heterocycles. The molecule has 0 saturated heterocycles. The number of aromatic nitrogens is 1. The van der Waals surface area contributed by atoms with Gasteiger partial charge < -0.3 is 9.64 Å². The predicted molar refractivity (Wildman–Crippen MR) is 97.5 cm³/mol. The first-order valence-corrected chi connectivity index (χ1v) is 9.27. The fraction of sp³-hybridized carbons (Fsp3) is 0.353. The molecule has 24 heavy (non-hydrogen) atoms. The Morgan fingerprint density at radius 1 is 1.42 bits per heavy atom. The van der Waals surface area contributed by atoms with Gasteiger partial charge in [-0.2, -0.15) is 11.3 Å². The van der Waals surface area contributed by atoms with Crippen LogP contribution in [-0.4, -0.2) is 41.5 Å². The topological polar surface area (TPSA) is 59.5 Å². The molecule has 128 valence electrons. The highest BCUT2D eigenvalue weighted by Crippen LogP contribution is 2.29. The molecule has 0 unspecified atom stereocenters. The first-order chi connectivity index (χ1) is 11.4. The summed E-state index contributed by atoms with van der Waals surface area (Å²) in [5, 5.41) is 4.72. The number of hydrogen-bond acceptors (Lipinski definition) is 6. The molecular formula is C17H20N2O3S2. The number of ether oxygens (including phenoxy) is 1. The number of carbonyl (C=O) groups is 2. The minimum absolute atomic E-state index is 0.228. The monoisotopic (exact) mass is 364 g/mol.